The fourth-order valence-corrected chi connectivity index (χ4v) is 6.56. The molecule has 8 heteroatoms. The summed E-state index contributed by atoms with van der Waals surface area (Å²) in [5, 5.41) is 4.26. The summed E-state index contributed by atoms with van der Waals surface area (Å²) < 4.78 is 12.8. The maximum absolute atomic E-state index is 14.0. The highest BCUT2D eigenvalue weighted by Gasteiger charge is 2.46. The van der Waals surface area contributed by atoms with Crippen molar-refractivity contribution >= 4 is 45.8 Å². The summed E-state index contributed by atoms with van der Waals surface area (Å²) in [4.78, 5) is 28.7. The van der Waals surface area contributed by atoms with Crippen LogP contribution in [-0.4, -0.2) is 37.5 Å². The van der Waals surface area contributed by atoms with Gasteiger partial charge in [0.2, 0.25) is 11.8 Å². The summed E-state index contributed by atoms with van der Waals surface area (Å²) >= 11 is 11.7. The van der Waals surface area contributed by atoms with Gasteiger partial charge in [-0.3, -0.25) is 13.8 Å². The van der Waals surface area contributed by atoms with E-state index in [2.05, 4.69) is 18.5 Å². The average Bonchev–Trinajstić information content (AvgIpc) is 3.79. The molecule has 1 N–H and O–H groups in total. The predicted molar refractivity (Wildman–Crippen MR) is 176 cm³/mol. The SMILES string of the molecule is C=C/C=C(\C=C)NC(=O)C[C@H]1CCC(c2ccc(Cl)cc2)N(C(CS(=O)C(C)(C)C)C2CC2)C1=O.Clc1ccccc1. The molecule has 5 nitrogen and oxygen atoms in total. The molecule has 226 valence electrons. The molecule has 0 spiro atoms. The quantitative estimate of drug-likeness (QED) is 0.271. The summed E-state index contributed by atoms with van der Waals surface area (Å²) in [5.41, 5.74) is 1.58. The predicted octanol–water partition coefficient (Wildman–Crippen LogP) is 8.05. The zero-order valence-electron chi connectivity index (χ0n) is 24.7. The molecule has 4 rings (SSSR count). The van der Waals surface area contributed by atoms with E-state index in [9.17, 15) is 13.8 Å². The number of likely N-dealkylation sites (tertiary alicyclic amines) is 1. The van der Waals surface area contributed by atoms with E-state index in [-0.39, 0.29) is 35.1 Å². The van der Waals surface area contributed by atoms with Gasteiger partial charge in [-0.25, -0.2) is 0 Å². The van der Waals surface area contributed by atoms with Crippen LogP contribution in [-0.2, 0) is 20.4 Å². The molecule has 0 bridgehead atoms. The van der Waals surface area contributed by atoms with Crippen LogP contribution in [0, 0.1) is 11.8 Å². The van der Waals surface area contributed by atoms with Crippen LogP contribution in [0.1, 0.15) is 64.5 Å². The number of carbonyl (C=O) groups is 2. The van der Waals surface area contributed by atoms with Gasteiger partial charge in [-0.15, -0.1) is 0 Å². The van der Waals surface area contributed by atoms with E-state index in [0.29, 0.717) is 28.8 Å². The first-order chi connectivity index (χ1) is 19.9. The first-order valence-electron chi connectivity index (χ1n) is 14.4. The number of amides is 2. The van der Waals surface area contributed by atoms with Crippen molar-refractivity contribution in [1.29, 1.82) is 0 Å². The number of benzene rings is 2. The van der Waals surface area contributed by atoms with E-state index in [1.807, 2.05) is 80.3 Å². The van der Waals surface area contributed by atoms with Gasteiger partial charge in [0.05, 0.1) is 6.04 Å². The smallest absolute Gasteiger partial charge is 0.227 e. The highest BCUT2D eigenvalue weighted by molar-refractivity contribution is 7.86. The molecule has 2 aromatic rings. The van der Waals surface area contributed by atoms with Gasteiger partial charge < -0.3 is 10.2 Å². The van der Waals surface area contributed by atoms with Crippen molar-refractivity contribution in [3.05, 3.63) is 107 Å². The van der Waals surface area contributed by atoms with Crippen LogP contribution in [0.4, 0.5) is 0 Å². The highest BCUT2D eigenvalue weighted by atomic mass is 35.5. The lowest BCUT2D eigenvalue weighted by Gasteiger charge is -2.45. The second-order valence-electron chi connectivity index (χ2n) is 11.7. The van der Waals surface area contributed by atoms with Crippen LogP contribution >= 0.6 is 23.2 Å². The van der Waals surface area contributed by atoms with Crippen molar-refractivity contribution in [3.63, 3.8) is 0 Å². The Kier molecular flexibility index (Phi) is 12.6. The second kappa shape index (κ2) is 15.7. The molecule has 1 heterocycles. The molecule has 2 aliphatic rings. The molecule has 0 aromatic heterocycles. The van der Waals surface area contributed by atoms with Crippen LogP contribution in [0.5, 0.6) is 0 Å². The highest BCUT2D eigenvalue weighted by Crippen LogP contribution is 2.44. The number of piperidine rings is 1. The number of rotatable bonds is 10. The molecule has 1 aliphatic heterocycles. The minimum absolute atomic E-state index is 0.0259. The molecule has 2 aromatic carbocycles. The van der Waals surface area contributed by atoms with Gasteiger partial charge in [-0.1, -0.05) is 72.8 Å². The molecule has 1 aliphatic carbocycles. The Bertz CT molecular complexity index is 1280. The van der Waals surface area contributed by atoms with Gasteiger partial charge in [0.15, 0.2) is 0 Å². The van der Waals surface area contributed by atoms with Crippen LogP contribution in [0.3, 0.4) is 0 Å². The van der Waals surface area contributed by atoms with Gasteiger partial charge in [0.25, 0.3) is 0 Å². The summed E-state index contributed by atoms with van der Waals surface area (Å²) in [6, 6.07) is 16.9. The van der Waals surface area contributed by atoms with Crippen molar-refractivity contribution in [2.24, 2.45) is 11.8 Å². The lowest BCUT2D eigenvalue weighted by Crippen LogP contribution is -2.53. The van der Waals surface area contributed by atoms with E-state index in [1.165, 1.54) is 0 Å². The molecule has 1 saturated carbocycles. The van der Waals surface area contributed by atoms with Crippen molar-refractivity contribution in [2.75, 3.05) is 5.75 Å². The van der Waals surface area contributed by atoms with Crippen LogP contribution in [0.2, 0.25) is 10.0 Å². The largest absolute Gasteiger partial charge is 0.331 e. The number of nitrogens with zero attached hydrogens (tertiary/aromatic N) is 1. The standard InChI is InChI=1S/C28H37ClN2O3S.C6H5Cl/c1-6-8-23(7-2)30-26(32)17-21-13-16-24(19-11-14-22(29)15-12-19)31(27(21)33)25(20-9-10-20)18-35(34)28(3,4)5;7-6-4-2-1-3-5-6/h6-8,11-12,14-15,20-21,24-25H,1-2,9-10,13,16-18H2,3-5H3,(H,30,32);1-5H/b23-8+;/t21-,24?,25?,35?;/m1./s1. The van der Waals surface area contributed by atoms with E-state index in [0.717, 1.165) is 29.8 Å². The first-order valence-corrected chi connectivity index (χ1v) is 16.4. The molecule has 1 saturated heterocycles. The van der Waals surface area contributed by atoms with Gasteiger partial charge in [0.1, 0.15) is 0 Å². The number of halogens is 2. The van der Waals surface area contributed by atoms with Gasteiger partial charge in [-0.05, 0) is 94.4 Å². The number of hydrogen-bond acceptors (Lipinski definition) is 3. The summed E-state index contributed by atoms with van der Waals surface area (Å²) in [5.74, 6) is 0.128. The zero-order valence-corrected chi connectivity index (χ0v) is 27.1. The van der Waals surface area contributed by atoms with Crippen molar-refractivity contribution in [1.82, 2.24) is 10.2 Å². The lowest BCUT2D eigenvalue weighted by atomic mass is 9.84. The molecule has 2 fully saturated rings. The van der Waals surface area contributed by atoms with E-state index in [1.54, 1.807) is 18.2 Å². The molecule has 3 unspecified atom stereocenters. The van der Waals surface area contributed by atoms with Crippen LogP contribution in [0.15, 0.2) is 91.7 Å². The topological polar surface area (TPSA) is 66.5 Å². The maximum atomic E-state index is 14.0. The Balaban J connectivity index is 0.000000603. The third-order valence-electron chi connectivity index (χ3n) is 7.48. The monoisotopic (exact) mass is 628 g/mol. The third-order valence-corrected chi connectivity index (χ3v) is 9.99. The van der Waals surface area contributed by atoms with Gasteiger partial charge in [-0.2, -0.15) is 0 Å². The molecular formula is C34H42Cl2N2O3S. The minimum atomic E-state index is -1.10. The van der Waals surface area contributed by atoms with Crippen molar-refractivity contribution in [2.45, 2.75) is 69.7 Å². The number of allylic oxidation sites excluding steroid dienone is 3. The Labute approximate surface area is 263 Å². The minimum Gasteiger partial charge on any atom is -0.331 e. The number of nitrogens with one attached hydrogen (secondary N) is 1. The molecule has 2 amide bonds. The fraction of sp³-hybridized carbons (Fsp3) is 0.412. The van der Waals surface area contributed by atoms with Gasteiger partial charge in [0, 0.05) is 55.4 Å². The lowest BCUT2D eigenvalue weighted by molar-refractivity contribution is -0.147. The Morgan fingerprint density at radius 3 is 2.14 bits per heavy atom. The molecule has 0 radical (unpaired) electrons. The Morgan fingerprint density at radius 2 is 1.64 bits per heavy atom. The number of hydrogen-bond donors (Lipinski definition) is 1. The second-order valence-corrected chi connectivity index (χ2v) is 14.8. The first kappa shape index (κ1) is 33.8. The Morgan fingerprint density at radius 1 is 1.02 bits per heavy atom. The van der Waals surface area contributed by atoms with Crippen molar-refractivity contribution in [3.8, 4) is 0 Å². The molecule has 4 atom stereocenters. The summed E-state index contributed by atoms with van der Waals surface area (Å²) in [6.07, 6.45) is 8.32. The number of carbonyl (C=O) groups excluding carboxylic acids is 2. The summed E-state index contributed by atoms with van der Waals surface area (Å²) in [7, 11) is -1.10. The van der Waals surface area contributed by atoms with E-state index < -0.39 is 16.7 Å². The van der Waals surface area contributed by atoms with E-state index >= 15 is 0 Å². The normalized spacial score (nSPS) is 20.5. The Hall–Kier alpha value is -2.67. The zero-order chi connectivity index (χ0) is 30.9. The molecule has 42 heavy (non-hydrogen) atoms. The maximum Gasteiger partial charge on any atom is 0.227 e. The fourth-order valence-electron chi connectivity index (χ4n) is 5.05. The summed E-state index contributed by atoms with van der Waals surface area (Å²) in [6.45, 7) is 13.3. The van der Waals surface area contributed by atoms with Crippen molar-refractivity contribution < 1.29 is 13.8 Å². The van der Waals surface area contributed by atoms with E-state index in [4.69, 9.17) is 23.2 Å². The average molecular weight is 630 g/mol. The van der Waals surface area contributed by atoms with Gasteiger partial charge >= 0.3 is 0 Å². The van der Waals surface area contributed by atoms with Crippen LogP contribution < -0.4 is 5.32 Å². The third kappa shape index (κ3) is 9.96. The molecular weight excluding hydrogens is 587 g/mol. The van der Waals surface area contributed by atoms with Crippen LogP contribution in [0.25, 0.3) is 0 Å².